The van der Waals surface area contributed by atoms with Crippen LogP contribution in [0.15, 0.2) is 30.5 Å². The lowest BCUT2D eigenvalue weighted by Crippen LogP contribution is -2.37. The number of carbonyl (C=O) groups excluding carboxylic acids is 1. The van der Waals surface area contributed by atoms with Gasteiger partial charge >= 0.3 is 0 Å². The van der Waals surface area contributed by atoms with Crippen LogP contribution >= 0.6 is 0 Å². The Hall–Kier alpha value is -3.00. The van der Waals surface area contributed by atoms with E-state index in [0.29, 0.717) is 29.3 Å². The van der Waals surface area contributed by atoms with Crippen molar-refractivity contribution < 1.29 is 18.3 Å². The van der Waals surface area contributed by atoms with E-state index in [2.05, 4.69) is 15.6 Å². The molecule has 3 heterocycles. The molecule has 0 unspecified atom stereocenters. The molecule has 2 N–H and O–H groups in total. The maximum absolute atomic E-state index is 13.9. The second-order valence-corrected chi connectivity index (χ2v) is 7.61. The molecule has 0 radical (unpaired) electrons. The van der Waals surface area contributed by atoms with Crippen LogP contribution in [-0.2, 0) is 6.61 Å². The van der Waals surface area contributed by atoms with Gasteiger partial charge < -0.3 is 15.4 Å². The van der Waals surface area contributed by atoms with Crippen LogP contribution in [0.2, 0.25) is 0 Å². The Labute approximate surface area is 173 Å². The fourth-order valence-corrected chi connectivity index (χ4v) is 3.79. The summed E-state index contributed by atoms with van der Waals surface area (Å²) in [7, 11) is 0. The standard InChI is InChI=1S/C22H24F2N4O2/c1-13-9-19(30-12-16-17(23)6-3-7-18(16)24)21-27-14(2)20(28(21)11-13)22(29)26-10-15-5-4-8-25-15/h3,6-7,9,11,15,25H,4-5,8,10,12H2,1-2H3,(H,26,29)/t15-/m0/s1. The molecule has 8 heteroatoms. The number of rotatable bonds is 6. The number of halogens is 2. The number of hydrogen-bond donors (Lipinski definition) is 2. The summed E-state index contributed by atoms with van der Waals surface area (Å²) in [5, 5.41) is 6.32. The van der Waals surface area contributed by atoms with Gasteiger partial charge in [-0.15, -0.1) is 0 Å². The Morgan fingerprint density at radius 2 is 2.10 bits per heavy atom. The predicted octanol–water partition coefficient (Wildman–Crippen LogP) is 3.29. The van der Waals surface area contributed by atoms with Gasteiger partial charge in [0.05, 0.1) is 11.3 Å². The van der Waals surface area contributed by atoms with E-state index in [0.717, 1.165) is 24.9 Å². The molecular formula is C22H24F2N4O2. The van der Waals surface area contributed by atoms with Gasteiger partial charge in [0, 0.05) is 18.8 Å². The first-order valence-electron chi connectivity index (χ1n) is 10.0. The van der Waals surface area contributed by atoms with E-state index in [-0.39, 0.29) is 24.1 Å². The maximum Gasteiger partial charge on any atom is 0.270 e. The van der Waals surface area contributed by atoms with Gasteiger partial charge in [-0.25, -0.2) is 13.8 Å². The summed E-state index contributed by atoms with van der Waals surface area (Å²) < 4.78 is 35.3. The number of nitrogens with zero attached hydrogens (tertiary/aromatic N) is 2. The molecule has 4 rings (SSSR count). The van der Waals surface area contributed by atoms with Crippen molar-refractivity contribution in [3.63, 3.8) is 0 Å². The SMILES string of the molecule is Cc1cc(OCc2c(F)cccc2F)c2nc(C)c(C(=O)NC[C@@H]3CCCN3)n2c1. The summed E-state index contributed by atoms with van der Waals surface area (Å²) in [6, 6.07) is 5.71. The van der Waals surface area contributed by atoms with E-state index in [1.54, 1.807) is 23.6 Å². The van der Waals surface area contributed by atoms with Crippen LogP contribution in [0.1, 0.15) is 40.2 Å². The number of aryl methyl sites for hydroxylation is 2. The van der Waals surface area contributed by atoms with Gasteiger partial charge in [0.2, 0.25) is 0 Å². The predicted molar refractivity (Wildman–Crippen MR) is 109 cm³/mol. The minimum atomic E-state index is -0.668. The molecule has 0 aliphatic carbocycles. The van der Waals surface area contributed by atoms with Gasteiger partial charge in [-0.3, -0.25) is 9.20 Å². The molecule has 158 valence electrons. The summed E-state index contributed by atoms with van der Waals surface area (Å²) in [5.74, 6) is -1.19. The zero-order valence-corrected chi connectivity index (χ0v) is 17.0. The van der Waals surface area contributed by atoms with Crippen LogP contribution in [0, 0.1) is 25.5 Å². The van der Waals surface area contributed by atoms with E-state index in [1.165, 1.54) is 18.2 Å². The van der Waals surface area contributed by atoms with E-state index >= 15 is 0 Å². The summed E-state index contributed by atoms with van der Waals surface area (Å²) in [5.41, 5.74) is 2.09. The molecule has 1 atom stereocenters. The van der Waals surface area contributed by atoms with Crippen molar-refractivity contribution in [1.29, 1.82) is 0 Å². The molecule has 30 heavy (non-hydrogen) atoms. The van der Waals surface area contributed by atoms with E-state index in [4.69, 9.17) is 4.74 Å². The molecule has 0 spiro atoms. The van der Waals surface area contributed by atoms with Gasteiger partial charge in [-0.2, -0.15) is 0 Å². The monoisotopic (exact) mass is 414 g/mol. The molecule has 1 amide bonds. The van der Waals surface area contributed by atoms with Crippen molar-refractivity contribution in [3.05, 3.63) is 64.6 Å². The number of carbonyl (C=O) groups is 1. The number of pyridine rings is 1. The van der Waals surface area contributed by atoms with Gasteiger partial charge in [-0.1, -0.05) is 6.07 Å². The lowest BCUT2D eigenvalue weighted by Gasteiger charge is -2.13. The minimum absolute atomic E-state index is 0.150. The average molecular weight is 414 g/mol. The van der Waals surface area contributed by atoms with E-state index in [9.17, 15) is 13.6 Å². The third-order valence-corrected chi connectivity index (χ3v) is 5.32. The smallest absolute Gasteiger partial charge is 0.270 e. The third-order valence-electron chi connectivity index (χ3n) is 5.32. The number of benzene rings is 1. The van der Waals surface area contributed by atoms with Gasteiger partial charge in [0.25, 0.3) is 5.91 Å². The van der Waals surface area contributed by atoms with Crippen LogP contribution in [0.25, 0.3) is 5.65 Å². The number of aromatic nitrogens is 2. The Kier molecular flexibility index (Phi) is 5.67. The maximum atomic E-state index is 13.9. The molecule has 6 nitrogen and oxygen atoms in total. The van der Waals surface area contributed by atoms with Crippen LogP contribution in [0.4, 0.5) is 8.78 Å². The topological polar surface area (TPSA) is 67.7 Å². The number of imidazole rings is 1. The second-order valence-electron chi connectivity index (χ2n) is 7.61. The first-order valence-corrected chi connectivity index (χ1v) is 10.0. The lowest BCUT2D eigenvalue weighted by atomic mass is 10.2. The highest BCUT2D eigenvalue weighted by atomic mass is 19.1. The van der Waals surface area contributed by atoms with Crippen molar-refractivity contribution in [1.82, 2.24) is 20.0 Å². The molecular weight excluding hydrogens is 390 g/mol. The summed E-state index contributed by atoms with van der Waals surface area (Å²) in [6.45, 7) is 4.85. The molecule has 1 aliphatic rings. The largest absolute Gasteiger partial charge is 0.485 e. The normalized spacial score (nSPS) is 16.2. The van der Waals surface area contributed by atoms with Gasteiger partial charge in [-0.05, 0) is 57.0 Å². The van der Waals surface area contributed by atoms with Crippen LogP contribution in [0.5, 0.6) is 5.75 Å². The zero-order valence-electron chi connectivity index (χ0n) is 17.0. The molecule has 1 aliphatic heterocycles. The summed E-state index contributed by atoms with van der Waals surface area (Å²) >= 11 is 0. The highest BCUT2D eigenvalue weighted by molar-refractivity contribution is 5.95. The third kappa shape index (κ3) is 4.00. The lowest BCUT2D eigenvalue weighted by molar-refractivity contribution is 0.0943. The van der Waals surface area contributed by atoms with Crippen molar-refractivity contribution in [2.24, 2.45) is 0 Å². The minimum Gasteiger partial charge on any atom is -0.485 e. The molecule has 1 saturated heterocycles. The van der Waals surface area contributed by atoms with Crippen molar-refractivity contribution in [2.45, 2.75) is 39.3 Å². The molecule has 0 saturated carbocycles. The van der Waals surface area contributed by atoms with Gasteiger partial charge in [0.15, 0.2) is 11.4 Å². The number of nitrogens with one attached hydrogen (secondary N) is 2. The van der Waals surface area contributed by atoms with Crippen LogP contribution in [-0.4, -0.2) is 34.4 Å². The van der Waals surface area contributed by atoms with Gasteiger partial charge in [0.1, 0.15) is 23.9 Å². The first kappa shape index (κ1) is 20.3. The molecule has 0 bridgehead atoms. The highest BCUT2D eigenvalue weighted by Gasteiger charge is 2.22. The fourth-order valence-electron chi connectivity index (χ4n) is 3.79. The van der Waals surface area contributed by atoms with Crippen molar-refractivity contribution in [2.75, 3.05) is 13.1 Å². The number of hydrogen-bond acceptors (Lipinski definition) is 4. The Balaban J connectivity index is 1.60. The number of ether oxygens (including phenoxy) is 1. The van der Waals surface area contributed by atoms with E-state index < -0.39 is 11.6 Å². The first-order chi connectivity index (χ1) is 14.4. The highest BCUT2D eigenvalue weighted by Crippen LogP contribution is 2.26. The summed E-state index contributed by atoms with van der Waals surface area (Å²) in [4.78, 5) is 17.3. The number of fused-ring (bicyclic) bond motifs is 1. The van der Waals surface area contributed by atoms with Crippen LogP contribution < -0.4 is 15.4 Å². The second kappa shape index (κ2) is 8.39. The Bertz CT molecular complexity index is 1070. The summed E-state index contributed by atoms with van der Waals surface area (Å²) in [6.07, 6.45) is 3.95. The number of amides is 1. The molecule has 3 aromatic rings. The van der Waals surface area contributed by atoms with E-state index in [1.807, 2.05) is 6.92 Å². The quantitative estimate of drug-likeness (QED) is 0.650. The van der Waals surface area contributed by atoms with Crippen molar-refractivity contribution >= 4 is 11.6 Å². The Morgan fingerprint density at radius 3 is 2.80 bits per heavy atom. The molecule has 1 aromatic carbocycles. The fraction of sp³-hybridized carbons (Fsp3) is 0.364. The zero-order chi connectivity index (χ0) is 21.3. The van der Waals surface area contributed by atoms with Crippen molar-refractivity contribution in [3.8, 4) is 5.75 Å². The van der Waals surface area contributed by atoms with Crippen LogP contribution in [0.3, 0.4) is 0 Å². The molecule has 2 aromatic heterocycles. The Morgan fingerprint density at radius 1 is 1.33 bits per heavy atom. The molecule has 1 fully saturated rings. The average Bonchev–Trinajstić information content (AvgIpc) is 3.33.